The van der Waals surface area contributed by atoms with Crippen LogP contribution in [0.3, 0.4) is 0 Å². The van der Waals surface area contributed by atoms with Gasteiger partial charge in [-0.15, -0.1) is 0 Å². The van der Waals surface area contributed by atoms with Gasteiger partial charge in [-0.3, -0.25) is 4.79 Å². The van der Waals surface area contributed by atoms with Crippen molar-refractivity contribution in [3.05, 3.63) is 117 Å². The molecule has 1 aliphatic rings. The maximum atomic E-state index is 13.6. The first-order valence-corrected chi connectivity index (χ1v) is 15.2. The molecule has 2 heterocycles. The van der Waals surface area contributed by atoms with Crippen molar-refractivity contribution in [2.75, 3.05) is 5.32 Å². The van der Waals surface area contributed by atoms with Gasteiger partial charge in [0.15, 0.2) is 5.65 Å². The highest BCUT2D eigenvalue weighted by atomic mass is 79.9. The van der Waals surface area contributed by atoms with Crippen molar-refractivity contribution in [3.8, 4) is 11.3 Å². The Bertz CT molecular complexity index is 1680. The fourth-order valence-corrected chi connectivity index (χ4v) is 6.40. The number of fused-ring (bicyclic) bond motifs is 1. The molecule has 1 aliphatic carbocycles. The van der Waals surface area contributed by atoms with E-state index in [-0.39, 0.29) is 5.91 Å². The van der Waals surface area contributed by atoms with Crippen LogP contribution in [0.25, 0.3) is 16.9 Å². The molecule has 1 amide bonds. The van der Waals surface area contributed by atoms with Crippen LogP contribution < -0.4 is 10.6 Å². The fraction of sp³-hybridized carbons (Fsp3) is 0.242. The van der Waals surface area contributed by atoms with Gasteiger partial charge in [-0.25, -0.2) is 4.98 Å². The van der Waals surface area contributed by atoms with Crippen LogP contribution in [0.1, 0.15) is 48.8 Å². The molecule has 208 valence electrons. The molecule has 0 bridgehead atoms. The molecular formula is C33H31BrClN5O. The van der Waals surface area contributed by atoms with Gasteiger partial charge in [0.2, 0.25) is 5.91 Å². The van der Waals surface area contributed by atoms with Gasteiger partial charge in [0.25, 0.3) is 0 Å². The van der Waals surface area contributed by atoms with Crippen LogP contribution in [-0.4, -0.2) is 20.5 Å². The number of nitrogens with one attached hydrogen (secondary N) is 2. The smallest absolute Gasteiger partial charge is 0.230 e. The molecule has 6 nitrogen and oxygen atoms in total. The molecule has 0 aliphatic heterocycles. The highest BCUT2D eigenvalue weighted by Crippen LogP contribution is 2.40. The van der Waals surface area contributed by atoms with E-state index in [4.69, 9.17) is 16.6 Å². The summed E-state index contributed by atoms with van der Waals surface area (Å²) >= 11 is 10.1. The van der Waals surface area contributed by atoms with E-state index in [2.05, 4.69) is 62.0 Å². The summed E-state index contributed by atoms with van der Waals surface area (Å²) in [5.74, 6) is 0.930. The van der Waals surface area contributed by atoms with Gasteiger partial charge >= 0.3 is 0 Å². The van der Waals surface area contributed by atoms with E-state index in [0.717, 1.165) is 63.9 Å². The normalized spacial score (nSPS) is 14.6. The zero-order valence-electron chi connectivity index (χ0n) is 22.6. The fourth-order valence-electron chi connectivity index (χ4n) is 5.82. The highest BCUT2D eigenvalue weighted by molar-refractivity contribution is 9.10. The quantitative estimate of drug-likeness (QED) is 0.183. The van der Waals surface area contributed by atoms with Crippen LogP contribution in [0.2, 0.25) is 5.02 Å². The van der Waals surface area contributed by atoms with E-state index in [0.29, 0.717) is 23.8 Å². The highest BCUT2D eigenvalue weighted by Gasteiger charge is 2.40. The molecule has 1 saturated carbocycles. The molecule has 5 aromatic rings. The van der Waals surface area contributed by atoms with Crippen LogP contribution in [0.15, 0.2) is 95.6 Å². The first-order valence-electron chi connectivity index (χ1n) is 14.0. The summed E-state index contributed by atoms with van der Waals surface area (Å²) in [5.41, 5.74) is 5.17. The Morgan fingerprint density at radius 1 is 0.902 bits per heavy atom. The Morgan fingerprint density at radius 3 is 2.41 bits per heavy atom. The number of halogens is 2. The lowest BCUT2D eigenvalue weighted by atomic mass is 9.68. The zero-order chi connectivity index (χ0) is 28.2. The van der Waals surface area contributed by atoms with Gasteiger partial charge in [0, 0.05) is 29.7 Å². The molecule has 3 aromatic carbocycles. The second kappa shape index (κ2) is 12.0. The van der Waals surface area contributed by atoms with Crippen LogP contribution in [-0.2, 0) is 23.3 Å². The first kappa shape index (κ1) is 27.5. The zero-order valence-corrected chi connectivity index (χ0v) is 25.0. The number of aromatic nitrogens is 3. The summed E-state index contributed by atoms with van der Waals surface area (Å²) in [6.07, 6.45) is 6.88. The number of hydrogen-bond acceptors (Lipinski definition) is 4. The lowest BCUT2D eigenvalue weighted by Crippen LogP contribution is -2.45. The van der Waals surface area contributed by atoms with E-state index >= 15 is 0 Å². The molecule has 0 radical (unpaired) electrons. The second-order valence-corrected chi connectivity index (χ2v) is 11.9. The maximum absolute atomic E-state index is 13.6. The summed E-state index contributed by atoms with van der Waals surface area (Å²) in [6, 6.07) is 28.2. The van der Waals surface area contributed by atoms with E-state index < -0.39 is 5.41 Å². The lowest BCUT2D eigenvalue weighted by Gasteiger charge is -2.36. The maximum Gasteiger partial charge on any atom is 0.230 e. The molecule has 0 spiro atoms. The van der Waals surface area contributed by atoms with Crippen molar-refractivity contribution in [3.63, 3.8) is 0 Å². The summed E-state index contributed by atoms with van der Waals surface area (Å²) in [6.45, 7) is 1.07. The average Bonchev–Trinajstić information content (AvgIpc) is 3.40. The molecular weight excluding hydrogens is 598 g/mol. The van der Waals surface area contributed by atoms with Crippen LogP contribution >= 0.6 is 27.5 Å². The van der Waals surface area contributed by atoms with Gasteiger partial charge in [-0.1, -0.05) is 104 Å². The Morgan fingerprint density at radius 2 is 1.63 bits per heavy atom. The van der Waals surface area contributed by atoms with Gasteiger partial charge in [-0.05, 0) is 51.5 Å². The third kappa shape index (κ3) is 5.74. The lowest BCUT2D eigenvalue weighted by molar-refractivity contribution is -0.128. The molecule has 8 heteroatoms. The third-order valence-corrected chi connectivity index (χ3v) is 8.85. The Hall–Kier alpha value is -3.68. The van der Waals surface area contributed by atoms with Crippen molar-refractivity contribution in [1.29, 1.82) is 0 Å². The van der Waals surface area contributed by atoms with Gasteiger partial charge in [0.1, 0.15) is 5.82 Å². The minimum absolute atomic E-state index is 0.127. The Balaban J connectivity index is 1.18. The topological polar surface area (TPSA) is 71.3 Å². The molecule has 41 heavy (non-hydrogen) atoms. The molecule has 2 N–H and O–H groups in total. The van der Waals surface area contributed by atoms with E-state index in [9.17, 15) is 4.79 Å². The monoisotopic (exact) mass is 627 g/mol. The Labute approximate surface area is 253 Å². The van der Waals surface area contributed by atoms with Crippen molar-refractivity contribution in [2.24, 2.45) is 0 Å². The number of rotatable bonds is 8. The molecule has 0 atom stereocenters. The molecule has 0 saturated heterocycles. The predicted octanol–water partition coefficient (Wildman–Crippen LogP) is 7.94. The van der Waals surface area contributed by atoms with Crippen molar-refractivity contribution < 1.29 is 4.79 Å². The van der Waals surface area contributed by atoms with Crippen LogP contribution in [0.5, 0.6) is 0 Å². The van der Waals surface area contributed by atoms with Crippen molar-refractivity contribution in [2.45, 2.75) is 50.6 Å². The van der Waals surface area contributed by atoms with Gasteiger partial charge in [0.05, 0.1) is 21.8 Å². The standard InChI is InChI=1S/C33H31BrClN5O/c34-27-22-38-40-30(19-29(39-31(27)40)26-14-5-6-15-28(26)35)36-20-23-10-9-11-24(18-23)21-37-32(41)33(16-7-2-8-17-33)25-12-3-1-4-13-25/h1,3-6,9-15,18-19,22,36H,2,7-8,16-17,20-21H2,(H,37,41). The van der Waals surface area contributed by atoms with Crippen molar-refractivity contribution >= 4 is 44.9 Å². The summed E-state index contributed by atoms with van der Waals surface area (Å²) < 4.78 is 2.58. The summed E-state index contributed by atoms with van der Waals surface area (Å²) in [7, 11) is 0. The molecule has 0 unspecified atom stereocenters. The van der Waals surface area contributed by atoms with Crippen LogP contribution in [0.4, 0.5) is 5.82 Å². The third-order valence-electron chi connectivity index (χ3n) is 7.96. The van der Waals surface area contributed by atoms with Gasteiger partial charge in [-0.2, -0.15) is 9.61 Å². The van der Waals surface area contributed by atoms with Crippen LogP contribution in [0, 0.1) is 0 Å². The number of hydrogen-bond donors (Lipinski definition) is 2. The first-order chi connectivity index (χ1) is 20.0. The number of carbonyl (C=O) groups excluding carboxylic acids is 1. The second-order valence-electron chi connectivity index (χ2n) is 10.6. The number of amides is 1. The number of benzene rings is 3. The average molecular weight is 629 g/mol. The molecule has 1 fully saturated rings. The van der Waals surface area contributed by atoms with E-state index in [1.807, 2.05) is 54.6 Å². The number of carbonyl (C=O) groups is 1. The number of anilines is 1. The summed E-state index contributed by atoms with van der Waals surface area (Å²) in [5, 5.41) is 11.9. The van der Waals surface area contributed by atoms with Gasteiger partial charge < -0.3 is 10.6 Å². The largest absolute Gasteiger partial charge is 0.366 e. The Kier molecular flexibility index (Phi) is 8.08. The molecule has 2 aromatic heterocycles. The molecule has 6 rings (SSSR count). The minimum Gasteiger partial charge on any atom is -0.366 e. The SMILES string of the molecule is O=C(NCc1cccc(CNc2cc(-c3ccccc3Cl)nc3c(Br)cnn23)c1)C1(c2ccccc2)CCCCC1. The van der Waals surface area contributed by atoms with E-state index in [1.165, 1.54) is 6.42 Å². The minimum atomic E-state index is -0.442. The number of nitrogens with zero attached hydrogens (tertiary/aromatic N) is 3. The predicted molar refractivity (Wildman–Crippen MR) is 168 cm³/mol. The summed E-state index contributed by atoms with van der Waals surface area (Å²) in [4.78, 5) is 18.4. The van der Waals surface area contributed by atoms with Crippen molar-refractivity contribution in [1.82, 2.24) is 19.9 Å². The van der Waals surface area contributed by atoms with E-state index in [1.54, 1.807) is 10.7 Å².